The van der Waals surface area contributed by atoms with Crippen LogP contribution in [0.2, 0.25) is 0 Å². The molecule has 0 amide bonds. The first-order chi connectivity index (χ1) is 16.8. The van der Waals surface area contributed by atoms with Gasteiger partial charge in [0.1, 0.15) is 11.6 Å². The number of aliphatic imine (C=N–C) groups is 1. The number of anilines is 1. The van der Waals surface area contributed by atoms with Crippen molar-refractivity contribution in [1.29, 1.82) is 0 Å². The molecule has 0 saturated heterocycles. The Kier molecular flexibility index (Phi) is 17.7. The third-order valence-electron chi connectivity index (χ3n) is 5.61. The number of nitrogens with zero attached hydrogens (tertiary/aromatic N) is 3. The molecule has 0 spiro atoms. The number of imidazole rings is 1. The average Bonchev–Trinajstić information content (AvgIpc) is 3.37. The molecule has 1 heterocycles. The molecule has 5 heteroatoms. The SMILES string of the molecule is C=C(/N=C(C)\C(=C/C)CC(C)=O)Nc1cccc(CCCn2ccnc2)c1.CC.CCC(C)CC. The van der Waals surface area contributed by atoms with Crippen LogP contribution in [0, 0.1) is 5.92 Å². The molecular formula is C30H48N4O. The summed E-state index contributed by atoms with van der Waals surface area (Å²) in [7, 11) is 0. The molecule has 1 aromatic carbocycles. The van der Waals surface area contributed by atoms with Gasteiger partial charge in [0.15, 0.2) is 0 Å². The highest BCUT2D eigenvalue weighted by Gasteiger charge is 2.05. The van der Waals surface area contributed by atoms with E-state index in [1.165, 1.54) is 18.4 Å². The highest BCUT2D eigenvalue weighted by Crippen LogP contribution is 2.16. The van der Waals surface area contributed by atoms with Crippen molar-refractivity contribution in [3.05, 3.63) is 72.6 Å². The Morgan fingerprint density at radius 2 is 1.91 bits per heavy atom. The van der Waals surface area contributed by atoms with Gasteiger partial charge < -0.3 is 9.88 Å². The minimum absolute atomic E-state index is 0.125. The standard InChI is InChI=1S/C22H28N4O.C6H14.C2H6/c1-5-21(14-17(2)27)18(3)24-19(4)25-22-10-6-8-20(15-22)9-7-12-26-13-11-23-16-26;1-4-6(3)5-2;1-2/h5-6,8,10-11,13,15-16,25H,4,7,9,12,14H2,1-3H3;6H,4-5H2,1-3H3;1-2H3/b21-5-,24-18-;;. The molecule has 0 aliphatic rings. The first kappa shape index (κ1) is 32.0. The quantitative estimate of drug-likeness (QED) is 0.311. The number of carbonyl (C=O) groups excluding carboxylic acids is 1. The zero-order valence-electron chi connectivity index (χ0n) is 23.4. The lowest BCUT2D eigenvalue weighted by atomic mass is 10.1. The maximum Gasteiger partial charge on any atom is 0.134 e. The summed E-state index contributed by atoms with van der Waals surface area (Å²) < 4.78 is 2.08. The Hall–Kier alpha value is -2.95. The molecule has 0 bridgehead atoms. The van der Waals surface area contributed by atoms with Gasteiger partial charge in [-0.1, -0.05) is 72.2 Å². The summed E-state index contributed by atoms with van der Waals surface area (Å²) >= 11 is 0. The molecule has 0 aliphatic heterocycles. The second-order valence-corrected chi connectivity index (χ2v) is 8.49. The summed E-state index contributed by atoms with van der Waals surface area (Å²) in [6.07, 6.45) is 12.6. The summed E-state index contributed by atoms with van der Waals surface area (Å²) in [6, 6.07) is 8.28. The van der Waals surface area contributed by atoms with Crippen molar-refractivity contribution in [2.24, 2.45) is 10.9 Å². The van der Waals surface area contributed by atoms with Crippen molar-refractivity contribution in [1.82, 2.24) is 9.55 Å². The smallest absolute Gasteiger partial charge is 0.134 e. The molecule has 1 N–H and O–H groups in total. The molecule has 0 aliphatic carbocycles. The summed E-state index contributed by atoms with van der Waals surface area (Å²) in [5.74, 6) is 1.62. The molecule has 2 rings (SSSR count). The minimum Gasteiger partial charge on any atom is -0.341 e. The van der Waals surface area contributed by atoms with Crippen LogP contribution in [0.3, 0.4) is 0 Å². The lowest BCUT2D eigenvalue weighted by Gasteiger charge is -2.10. The number of hydrogen-bond acceptors (Lipinski definition) is 4. The number of nitrogens with one attached hydrogen (secondary N) is 1. The summed E-state index contributed by atoms with van der Waals surface area (Å²) in [5, 5.41) is 3.24. The van der Waals surface area contributed by atoms with Gasteiger partial charge in [-0.2, -0.15) is 0 Å². The zero-order valence-corrected chi connectivity index (χ0v) is 23.4. The fourth-order valence-electron chi connectivity index (χ4n) is 3.15. The second-order valence-electron chi connectivity index (χ2n) is 8.49. The average molecular weight is 481 g/mol. The van der Waals surface area contributed by atoms with Gasteiger partial charge in [-0.25, -0.2) is 9.98 Å². The molecule has 1 aromatic heterocycles. The van der Waals surface area contributed by atoms with Gasteiger partial charge in [0.05, 0.1) is 6.33 Å². The van der Waals surface area contributed by atoms with Crippen LogP contribution in [-0.4, -0.2) is 21.0 Å². The summed E-state index contributed by atoms with van der Waals surface area (Å²) in [5.41, 5.74) is 3.96. The van der Waals surface area contributed by atoms with Crippen LogP contribution in [-0.2, 0) is 17.8 Å². The largest absolute Gasteiger partial charge is 0.341 e. The summed E-state index contributed by atoms with van der Waals surface area (Å²) in [6.45, 7) is 21.1. The van der Waals surface area contributed by atoms with Gasteiger partial charge in [0, 0.05) is 36.8 Å². The van der Waals surface area contributed by atoms with Crippen molar-refractivity contribution in [2.45, 2.75) is 94.0 Å². The maximum absolute atomic E-state index is 11.4. The van der Waals surface area contributed by atoms with E-state index in [4.69, 9.17) is 0 Å². The van der Waals surface area contributed by atoms with E-state index < -0.39 is 0 Å². The molecule has 2 aromatic rings. The lowest BCUT2D eigenvalue weighted by Crippen LogP contribution is -2.05. The van der Waals surface area contributed by atoms with E-state index in [9.17, 15) is 4.79 Å². The maximum atomic E-state index is 11.4. The van der Waals surface area contributed by atoms with Crippen molar-refractivity contribution in [2.75, 3.05) is 5.32 Å². The molecular weight excluding hydrogens is 432 g/mol. The Balaban J connectivity index is 0.00000126. The van der Waals surface area contributed by atoms with Gasteiger partial charge in [-0.05, 0) is 62.8 Å². The van der Waals surface area contributed by atoms with Gasteiger partial charge >= 0.3 is 0 Å². The van der Waals surface area contributed by atoms with Crippen molar-refractivity contribution in [3.8, 4) is 0 Å². The predicted octanol–water partition coefficient (Wildman–Crippen LogP) is 8.25. The fraction of sp³-hybridized carbons (Fsp3) is 0.500. The third kappa shape index (κ3) is 14.8. The molecule has 0 saturated carbocycles. The van der Waals surface area contributed by atoms with Gasteiger partial charge in [-0.3, -0.25) is 4.79 Å². The monoisotopic (exact) mass is 480 g/mol. The number of hydrogen-bond donors (Lipinski definition) is 1. The molecule has 0 unspecified atom stereocenters. The molecule has 0 atom stereocenters. The van der Waals surface area contributed by atoms with E-state index in [2.05, 4.69) is 59.3 Å². The summed E-state index contributed by atoms with van der Waals surface area (Å²) in [4.78, 5) is 19.9. The third-order valence-corrected chi connectivity index (χ3v) is 5.61. The number of aromatic nitrogens is 2. The van der Waals surface area contributed by atoms with Crippen LogP contribution < -0.4 is 5.32 Å². The number of allylic oxidation sites excluding steroid dienone is 2. The van der Waals surface area contributed by atoms with Crippen LogP contribution in [0.4, 0.5) is 5.69 Å². The van der Waals surface area contributed by atoms with Crippen molar-refractivity contribution < 1.29 is 4.79 Å². The van der Waals surface area contributed by atoms with Crippen LogP contribution in [0.1, 0.15) is 86.6 Å². The second kappa shape index (κ2) is 19.4. The number of benzene rings is 1. The number of rotatable bonds is 12. The van der Waals surface area contributed by atoms with Crippen molar-refractivity contribution in [3.63, 3.8) is 0 Å². The predicted molar refractivity (Wildman–Crippen MR) is 153 cm³/mol. The van der Waals surface area contributed by atoms with Gasteiger partial charge in [0.25, 0.3) is 0 Å². The number of carbonyl (C=O) groups is 1. The Morgan fingerprint density at radius 1 is 1.23 bits per heavy atom. The van der Waals surface area contributed by atoms with Crippen LogP contribution in [0.25, 0.3) is 0 Å². The topological polar surface area (TPSA) is 59.3 Å². The molecule has 0 radical (unpaired) electrons. The number of Topliss-reactive ketones (excluding diaryl/α,β-unsaturated/α-hetero) is 1. The van der Waals surface area contributed by atoms with Crippen LogP contribution in [0.15, 0.2) is 72.0 Å². The van der Waals surface area contributed by atoms with E-state index in [0.29, 0.717) is 12.2 Å². The normalized spacial score (nSPS) is 11.2. The van der Waals surface area contributed by atoms with Crippen LogP contribution >= 0.6 is 0 Å². The van der Waals surface area contributed by atoms with E-state index in [-0.39, 0.29) is 5.78 Å². The van der Waals surface area contributed by atoms with E-state index in [1.54, 1.807) is 13.1 Å². The first-order valence-corrected chi connectivity index (χ1v) is 13.0. The first-order valence-electron chi connectivity index (χ1n) is 13.0. The molecule has 194 valence electrons. The van der Waals surface area contributed by atoms with E-state index >= 15 is 0 Å². The Morgan fingerprint density at radius 3 is 2.43 bits per heavy atom. The number of ketones is 1. The lowest BCUT2D eigenvalue weighted by molar-refractivity contribution is -0.116. The minimum atomic E-state index is 0.125. The highest BCUT2D eigenvalue weighted by atomic mass is 16.1. The molecule has 0 fully saturated rings. The number of aryl methyl sites for hydroxylation is 2. The van der Waals surface area contributed by atoms with Crippen molar-refractivity contribution >= 4 is 17.2 Å². The Bertz CT molecular complexity index is 906. The molecule has 5 nitrogen and oxygen atoms in total. The highest BCUT2D eigenvalue weighted by molar-refractivity contribution is 6.02. The zero-order chi connectivity index (χ0) is 26.6. The van der Waals surface area contributed by atoms with E-state index in [1.807, 2.05) is 58.4 Å². The van der Waals surface area contributed by atoms with Crippen LogP contribution in [0.5, 0.6) is 0 Å². The Labute approximate surface area is 214 Å². The van der Waals surface area contributed by atoms with Gasteiger partial charge in [0.2, 0.25) is 0 Å². The molecule has 35 heavy (non-hydrogen) atoms. The fourth-order valence-corrected chi connectivity index (χ4v) is 3.15. The van der Waals surface area contributed by atoms with E-state index in [0.717, 1.165) is 42.3 Å². The van der Waals surface area contributed by atoms with Gasteiger partial charge in [-0.15, -0.1) is 0 Å².